The molecule has 1 unspecified atom stereocenters. The molecule has 12 N–H and O–H groups in total. The van der Waals surface area contributed by atoms with E-state index in [1.54, 1.807) is 62.3 Å². The number of rotatable bonds is 27. The van der Waals surface area contributed by atoms with Crippen LogP contribution in [-0.2, 0) is 83.0 Å². The summed E-state index contributed by atoms with van der Waals surface area (Å²) in [7, 11) is -12.2. The van der Waals surface area contributed by atoms with Crippen LogP contribution in [0.15, 0.2) is 19.0 Å². The minimum Gasteiger partial charge on any atom is -0.476 e. The molecule has 6 aromatic heterocycles. The van der Waals surface area contributed by atoms with E-state index < -0.39 is 112 Å². The summed E-state index contributed by atoms with van der Waals surface area (Å²) in [6.45, 7) is 18.9. The van der Waals surface area contributed by atoms with Gasteiger partial charge in [0.2, 0.25) is 35.5 Å². The summed E-state index contributed by atoms with van der Waals surface area (Å²) in [6.07, 6.45) is -4.35. The zero-order chi connectivity index (χ0) is 78.9. The number of fused-ring (bicyclic) bond motifs is 6. The molecule has 6 aromatic rings. The number of phosphoric ester groups is 3. The van der Waals surface area contributed by atoms with Gasteiger partial charge >= 0.3 is 23.5 Å². The Morgan fingerprint density at radius 3 is 0.963 bits per heavy atom. The fraction of sp³-hybridized carbons (Fsp3) is 0.700. The van der Waals surface area contributed by atoms with Crippen LogP contribution in [0.1, 0.15) is 102 Å². The Morgan fingerprint density at radius 2 is 0.731 bits per heavy atom. The lowest BCUT2D eigenvalue weighted by Crippen LogP contribution is -2.47. The topological polar surface area (TPSA) is 571 Å². The first kappa shape index (κ1) is 84.9. The van der Waals surface area contributed by atoms with Crippen LogP contribution in [0.5, 0.6) is 17.6 Å². The molecule has 48 heteroatoms. The van der Waals surface area contributed by atoms with E-state index in [2.05, 4.69) is 44.9 Å². The predicted molar refractivity (Wildman–Crippen MR) is 384 cm³/mol. The number of nitrogens with two attached hydrogens (primary N) is 3. The number of ether oxygens (including phenoxy) is 6. The molecule has 12 heterocycles. The number of hydrogen-bond donors (Lipinski definition) is 9. The van der Waals surface area contributed by atoms with Crippen LogP contribution in [0.2, 0.25) is 0 Å². The van der Waals surface area contributed by atoms with Crippen molar-refractivity contribution in [3.05, 3.63) is 19.0 Å². The quantitative estimate of drug-likeness (QED) is 0.0261. The van der Waals surface area contributed by atoms with Crippen molar-refractivity contribution >= 4 is 125 Å². The number of aliphatic hydroxyl groups is 6. The second-order valence-electron chi connectivity index (χ2n) is 27.5. The van der Waals surface area contributed by atoms with E-state index in [0.717, 1.165) is 35.3 Å². The van der Waals surface area contributed by atoms with Crippen molar-refractivity contribution in [2.24, 2.45) is 16.2 Å². The van der Waals surface area contributed by atoms with Crippen molar-refractivity contribution in [3.8, 4) is 17.6 Å². The van der Waals surface area contributed by atoms with Gasteiger partial charge in [0, 0.05) is 17.3 Å². The van der Waals surface area contributed by atoms with Gasteiger partial charge < -0.3 is 76.3 Å². The van der Waals surface area contributed by atoms with Crippen molar-refractivity contribution in [3.63, 3.8) is 0 Å². The van der Waals surface area contributed by atoms with Gasteiger partial charge in [0.05, 0.1) is 115 Å². The fourth-order valence-corrected chi connectivity index (χ4v) is 18.6. The standard InChI is InChI=1S/3C20H30N5O9PS/c3*1-5-30-15-12-14(23-18(21)24-15)25(10-22-12)16-20(4,28)13-11(33-16)8-32-35(29,34-13)31-6-7-36-17(27)19(2,3)9-26/h3*10-11,13,16,26,28H,5-9H2,1-4H3,(H2,21,23,24)/t11-,13-,16-,20-,35?;11-,13-,16-,20-,35+;11-,13-,16-,20-,35-/m111/s1. The predicted octanol–water partition coefficient (Wildman–Crippen LogP) is 3.82. The van der Waals surface area contributed by atoms with Crippen LogP contribution in [-0.4, -0.2) is 255 Å². The van der Waals surface area contributed by atoms with Crippen LogP contribution >= 0.6 is 58.8 Å². The Bertz CT molecular complexity index is 3960. The third-order valence-electron chi connectivity index (χ3n) is 17.4. The zero-order valence-corrected chi connectivity index (χ0v) is 66.1. The molecule has 6 aliphatic rings. The van der Waals surface area contributed by atoms with Gasteiger partial charge in [-0.2, -0.15) is 29.9 Å². The maximum Gasteiger partial charge on any atom is 0.475 e. The Balaban J connectivity index is 0.000000173. The minimum atomic E-state index is -4.05. The SMILES string of the molecule is CCOc1nc(N)nc2c1ncn2[C@@H]1O[C@@H]2COP(=O)(OCCSC(=O)C(C)(C)CO)O[C@H]2[C@@]1(C)O.CCOc1nc(N)nc2c1ncn2[C@@H]1O[C@@H]2CO[P@@](=O)(OCCSC(=O)C(C)(C)CO)O[C@H]2[C@@]1(C)O.CCOc1nc(N)nc2c1ncn2[C@@H]1O[C@@H]2CO[P@](=O)(OCCSC(=O)C(C)(C)CO)O[C@H]2[C@@]1(C)O. The van der Waals surface area contributed by atoms with Gasteiger partial charge in [-0.3, -0.25) is 68.8 Å². The summed E-state index contributed by atoms with van der Waals surface area (Å²) in [6, 6.07) is 0. The molecule has 42 nitrogen and oxygen atoms in total. The van der Waals surface area contributed by atoms with Crippen LogP contribution in [0.25, 0.3) is 33.5 Å². The van der Waals surface area contributed by atoms with Gasteiger partial charge in [0.25, 0.3) is 0 Å². The summed E-state index contributed by atoms with van der Waals surface area (Å²) in [5, 5.41) is 61.4. The molecule has 15 atom stereocenters. The minimum absolute atomic E-state index is 0.0426. The lowest BCUT2D eigenvalue weighted by molar-refractivity contribution is -0.120. The van der Waals surface area contributed by atoms with E-state index in [-0.39, 0.29) is 144 Å². The summed E-state index contributed by atoms with van der Waals surface area (Å²) >= 11 is 2.84. The molecule has 6 aliphatic heterocycles. The van der Waals surface area contributed by atoms with Crippen LogP contribution in [0, 0.1) is 16.2 Å². The Kier molecular flexibility index (Phi) is 26.5. The smallest absolute Gasteiger partial charge is 0.475 e. The molecule has 0 radical (unpaired) electrons. The fourth-order valence-electron chi connectivity index (χ4n) is 11.4. The Hall–Kier alpha value is -5.52. The molecule has 0 bridgehead atoms. The lowest BCUT2D eigenvalue weighted by Gasteiger charge is -2.35. The van der Waals surface area contributed by atoms with Crippen LogP contribution < -0.4 is 31.4 Å². The maximum atomic E-state index is 13.1. The molecule has 0 amide bonds. The van der Waals surface area contributed by atoms with E-state index in [1.165, 1.54) is 53.5 Å². The average molecular weight is 1640 g/mol. The Morgan fingerprint density at radius 1 is 0.481 bits per heavy atom. The lowest BCUT2D eigenvalue weighted by atomic mass is 9.96. The highest BCUT2D eigenvalue weighted by molar-refractivity contribution is 8.14. The van der Waals surface area contributed by atoms with Gasteiger partial charge in [-0.05, 0) is 83.1 Å². The first-order chi connectivity index (χ1) is 50.7. The molecule has 0 aliphatic carbocycles. The summed E-state index contributed by atoms with van der Waals surface area (Å²) in [5.74, 6) is 0.990. The van der Waals surface area contributed by atoms with E-state index in [9.17, 15) is 58.7 Å². The van der Waals surface area contributed by atoms with Crippen molar-refractivity contribution in [1.82, 2.24) is 58.6 Å². The molecule has 0 saturated carbocycles. The molecule has 6 saturated heterocycles. The van der Waals surface area contributed by atoms with Crippen LogP contribution in [0.3, 0.4) is 0 Å². The number of nitrogens with zero attached hydrogens (tertiary/aromatic N) is 12. The van der Waals surface area contributed by atoms with E-state index >= 15 is 0 Å². The number of nitrogen functional groups attached to an aromatic ring is 3. The highest BCUT2D eigenvalue weighted by Crippen LogP contribution is 2.62. The first-order valence-corrected chi connectivity index (χ1v) is 41.2. The number of carbonyl (C=O) groups is 3. The number of aromatic nitrogens is 12. The van der Waals surface area contributed by atoms with Crippen LogP contribution in [0.4, 0.5) is 17.8 Å². The van der Waals surface area contributed by atoms with Gasteiger partial charge in [-0.25, -0.2) is 28.6 Å². The largest absolute Gasteiger partial charge is 0.476 e. The van der Waals surface area contributed by atoms with Gasteiger partial charge in [-0.15, -0.1) is 0 Å². The molecular formula is C60H90N15O27P3S3. The molecule has 600 valence electrons. The van der Waals surface area contributed by atoms with E-state index in [1.807, 2.05) is 0 Å². The number of anilines is 3. The van der Waals surface area contributed by atoms with Crippen molar-refractivity contribution in [2.45, 2.75) is 155 Å². The monoisotopic (exact) mass is 1640 g/mol. The van der Waals surface area contributed by atoms with Crippen molar-refractivity contribution < 1.29 is 128 Å². The summed E-state index contributed by atoms with van der Waals surface area (Å²) < 4.78 is 127. The van der Waals surface area contributed by atoms with E-state index in [4.69, 9.17) is 86.3 Å². The first-order valence-electron chi connectivity index (χ1n) is 33.8. The third kappa shape index (κ3) is 18.1. The maximum absolute atomic E-state index is 13.1. The number of imidazole rings is 3. The summed E-state index contributed by atoms with van der Waals surface area (Å²) in [4.78, 5) is 74.0. The molecule has 12 rings (SSSR count). The van der Waals surface area contributed by atoms with Gasteiger partial charge in [0.1, 0.15) is 53.4 Å². The van der Waals surface area contributed by atoms with Gasteiger partial charge in [-0.1, -0.05) is 35.3 Å². The molecule has 0 aromatic carbocycles. The second kappa shape index (κ2) is 33.7. The third-order valence-corrected chi connectivity index (χ3v) is 25.3. The molecule has 6 fully saturated rings. The van der Waals surface area contributed by atoms with Crippen molar-refractivity contribution in [1.29, 1.82) is 0 Å². The zero-order valence-electron chi connectivity index (χ0n) is 61.0. The number of phosphoric acid groups is 3. The van der Waals surface area contributed by atoms with Gasteiger partial charge in [0.15, 0.2) is 67.5 Å². The normalized spacial score (nSPS) is 30.4. The Labute approximate surface area is 630 Å². The average Bonchev–Trinajstić information content (AvgIpc) is 1.59. The van der Waals surface area contributed by atoms with Crippen molar-refractivity contribution in [2.75, 3.05) is 114 Å². The molecular weight excluding hydrogens is 1550 g/mol. The number of aliphatic hydroxyl groups excluding tert-OH is 3. The highest BCUT2D eigenvalue weighted by Gasteiger charge is 2.63. The second-order valence-corrected chi connectivity index (χ2v) is 35.6. The molecule has 0 spiro atoms. The molecule has 108 heavy (non-hydrogen) atoms. The van der Waals surface area contributed by atoms with E-state index in [0.29, 0.717) is 36.4 Å². The highest BCUT2D eigenvalue weighted by atomic mass is 32.2. The number of thioether (sulfide) groups is 3. The number of hydrogen-bond acceptors (Lipinski definition) is 42. The number of carbonyl (C=O) groups excluding carboxylic acids is 3. The summed E-state index contributed by atoms with van der Waals surface area (Å²) in [5.41, 5.74) is 11.6.